The van der Waals surface area contributed by atoms with Crippen LogP contribution in [0, 0.1) is 0 Å². The van der Waals surface area contributed by atoms with E-state index in [4.69, 9.17) is 0 Å². The fourth-order valence-electron chi connectivity index (χ4n) is 0.869. The summed E-state index contributed by atoms with van der Waals surface area (Å²) in [6.45, 7) is 4.28. The van der Waals surface area contributed by atoms with Crippen molar-refractivity contribution in [1.29, 1.82) is 0 Å². The van der Waals surface area contributed by atoms with Crippen molar-refractivity contribution in [3.8, 4) is 0 Å². The third kappa shape index (κ3) is 2.22. The molecule has 0 aliphatic carbocycles. The number of hydrogen-bond donors (Lipinski definition) is 0. The van der Waals surface area contributed by atoms with Crippen molar-refractivity contribution < 1.29 is 0 Å². The molecule has 0 aliphatic rings. The van der Waals surface area contributed by atoms with E-state index in [2.05, 4.69) is 46.1 Å². The molecule has 0 atom stereocenters. The molecule has 0 aliphatic heterocycles. The lowest BCUT2D eigenvalue weighted by molar-refractivity contribution is 0.845. The van der Waals surface area contributed by atoms with Gasteiger partial charge in [0.15, 0.2) is 0 Å². The summed E-state index contributed by atoms with van der Waals surface area (Å²) in [5.41, 5.74) is 1.20. The van der Waals surface area contributed by atoms with E-state index in [-0.39, 0.29) is 0 Å². The van der Waals surface area contributed by atoms with Gasteiger partial charge in [-0.1, -0.05) is 18.2 Å². The molecule has 0 radical (unpaired) electrons. The topological polar surface area (TPSA) is 3.24 Å². The highest BCUT2D eigenvalue weighted by molar-refractivity contribution is 9.10. The second-order valence-electron chi connectivity index (χ2n) is 2.74. The number of halogens is 1. The Kier molecular flexibility index (Phi) is 2.94. The Morgan fingerprint density at radius 2 is 1.73 bits per heavy atom. The Bertz CT molecular complexity index is 208. The zero-order valence-electron chi connectivity index (χ0n) is 6.79. The standard InChI is InChI=1S/C9H12BrN/c1-8(2)11(10)9-6-4-3-5-7-9/h3-8H,1-2H3. The monoisotopic (exact) mass is 213 g/mol. The highest BCUT2D eigenvalue weighted by Gasteiger charge is 2.04. The molecule has 0 heterocycles. The quantitative estimate of drug-likeness (QED) is 0.683. The Hall–Kier alpha value is -0.500. The lowest BCUT2D eigenvalue weighted by Crippen LogP contribution is -2.18. The zero-order chi connectivity index (χ0) is 8.27. The lowest BCUT2D eigenvalue weighted by atomic mass is 10.3. The maximum atomic E-state index is 3.48. The molecule has 0 N–H and O–H groups in total. The van der Waals surface area contributed by atoms with E-state index >= 15 is 0 Å². The van der Waals surface area contributed by atoms with Crippen LogP contribution in [0.5, 0.6) is 0 Å². The van der Waals surface area contributed by atoms with Crippen molar-refractivity contribution in [3.63, 3.8) is 0 Å². The number of anilines is 1. The summed E-state index contributed by atoms with van der Waals surface area (Å²) in [5, 5.41) is 0. The molecule has 1 aromatic rings. The molecular weight excluding hydrogens is 202 g/mol. The van der Waals surface area contributed by atoms with Crippen LogP contribution in [0.4, 0.5) is 5.69 Å². The van der Waals surface area contributed by atoms with E-state index in [0.717, 1.165) is 0 Å². The van der Waals surface area contributed by atoms with Gasteiger partial charge in [0.1, 0.15) is 0 Å². The van der Waals surface area contributed by atoms with Gasteiger partial charge in [-0.05, 0) is 26.0 Å². The molecule has 1 aromatic carbocycles. The highest BCUT2D eigenvalue weighted by atomic mass is 79.9. The van der Waals surface area contributed by atoms with E-state index in [9.17, 15) is 0 Å². The molecule has 0 fully saturated rings. The summed E-state index contributed by atoms with van der Waals surface area (Å²) >= 11 is 3.48. The third-order valence-electron chi connectivity index (χ3n) is 1.46. The predicted octanol–water partition coefficient (Wildman–Crippen LogP) is 3.21. The van der Waals surface area contributed by atoms with Crippen LogP contribution in [0.25, 0.3) is 0 Å². The number of hydrogen-bond acceptors (Lipinski definition) is 1. The Labute approximate surface area is 76.4 Å². The van der Waals surface area contributed by atoms with Gasteiger partial charge < -0.3 is 3.93 Å². The smallest absolute Gasteiger partial charge is 0.0499 e. The van der Waals surface area contributed by atoms with Crippen LogP contribution in [0.2, 0.25) is 0 Å². The summed E-state index contributed by atoms with van der Waals surface area (Å²) in [5.74, 6) is 0. The fraction of sp³-hybridized carbons (Fsp3) is 0.333. The van der Waals surface area contributed by atoms with Crippen LogP contribution in [-0.2, 0) is 0 Å². The fourth-order valence-corrected chi connectivity index (χ4v) is 1.10. The first-order chi connectivity index (χ1) is 5.22. The maximum Gasteiger partial charge on any atom is 0.0499 e. The minimum absolute atomic E-state index is 0.484. The second-order valence-corrected chi connectivity index (χ2v) is 3.50. The van der Waals surface area contributed by atoms with Crippen LogP contribution in [-0.4, -0.2) is 6.04 Å². The Balaban J connectivity index is 2.77. The molecule has 0 saturated heterocycles. The van der Waals surface area contributed by atoms with Gasteiger partial charge in [-0.2, -0.15) is 0 Å². The molecule has 2 heteroatoms. The van der Waals surface area contributed by atoms with E-state index in [1.54, 1.807) is 0 Å². The number of rotatable bonds is 2. The molecule has 11 heavy (non-hydrogen) atoms. The largest absolute Gasteiger partial charge is 0.306 e. The van der Waals surface area contributed by atoms with E-state index in [1.807, 2.05) is 18.2 Å². The molecule has 60 valence electrons. The first-order valence-electron chi connectivity index (χ1n) is 3.72. The maximum absolute atomic E-state index is 3.48. The molecule has 1 nitrogen and oxygen atoms in total. The van der Waals surface area contributed by atoms with Crippen molar-refractivity contribution in [2.24, 2.45) is 0 Å². The minimum atomic E-state index is 0.484. The molecule has 0 saturated carbocycles. The van der Waals surface area contributed by atoms with Gasteiger partial charge >= 0.3 is 0 Å². The Morgan fingerprint density at radius 1 is 1.18 bits per heavy atom. The summed E-state index contributed by atoms with van der Waals surface area (Å²) < 4.78 is 2.06. The SMILES string of the molecule is CC(C)N(Br)c1ccccc1. The third-order valence-corrected chi connectivity index (χ3v) is 2.68. The molecule has 0 amide bonds. The first kappa shape index (κ1) is 8.60. The van der Waals surface area contributed by atoms with Crippen molar-refractivity contribution in [1.82, 2.24) is 0 Å². The normalized spacial score (nSPS) is 10.2. The molecule has 0 bridgehead atoms. The zero-order valence-corrected chi connectivity index (χ0v) is 8.38. The van der Waals surface area contributed by atoms with Crippen LogP contribution >= 0.6 is 16.1 Å². The van der Waals surface area contributed by atoms with Gasteiger partial charge in [-0.25, -0.2) is 0 Å². The number of benzene rings is 1. The molecule has 0 unspecified atom stereocenters. The van der Waals surface area contributed by atoms with Crippen LogP contribution < -0.4 is 3.93 Å². The highest BCUT2D eigenvalue weighted by Crippen LogP contribution is 2.19. The van der Waals surface area contributed by atoms with Gasteiger partial charge in [0, 0.05) is 27.9 Å². The van der Waals surface area contributed by atoms with Gasteiger partial charge in [0.25, 0.3) is 0 Å². The van der Waals surface area contributed by atoms with Crippen molar-refractivity contribution in [2.75, 3.05) is 3.93 Å². The second kappa shape index (κ2) is 3.77. The van der Waals surface area contributed by atoms with Crippen molar-refractivity contribution in [3.05, 3.63) is 30.3 Å². The average Bonchev–Trinajstić information content (AvgIpc) is 2.05. The van der Waals surface area contributed by atoms with E-state index in [1.165, 1.54) is 5.69 Å². The van der Waals surface area contributed by atoms with Gasteiger partial charge in [-0.3, -0.25) is 0 Å². The first-order valence-corrected chi connectivity index (χ1v) is 4.43. The number of para-hydroxylation sites is 1. The van der Waals surface area contributed by atoms with Gasteiger partial charge in [0.2, 0.25) is 0 Å². The number of nitrogens with zero attached hydrogens (tertiary/aromatic N) is 1. The Morgan fingerprint density at radius 3 is 2.18 bits per heavy atom. The van der Waals surface area contributed by atoms with E-state index < -0.39 is 0 Å². The summed E-state index contributed by atoms with van der Waals surface area (Å²) in [4.78, 5) is 0. The molecule has 1 rings (SSSR count). The minimum Gasteiger partial charge on any atom is -0.306 e. The molecular formula is C9H12BrN. The van der Waals surface area contributed by atoms with Crippen molar-refractivity contribution >= 4 is 21.8 Å². The van der Waals surface area contributed by atoms with Gasteiger partial charge in [-0.15, -0.1) is 0 Å². The van der Waals surface area contributed by atoms with Crippen molar-refractivity contribution in [2.45, 2.75) is 19.9 Å². The predicted molar refractivity (Wildman–Crippen MR) is 53.0 cm³/mol. The summed E-state index contributed by atoms with van der Waals surface area (Å²) in [6.07, 6.45) is 0. The van der Waals surface area contributed by atoms with Crippen LogP contribution in [0.1, 0.15) is 13.8 Å². The lowest BCUT2D eigenvalue weighted by Gasteiger charge is -2.20. The van der Waals surface area contributed by atoms with Gasteiger partial charge in [0.05, 0.1) is 0 Å². The van der Waals surface area contributed by atoms with E-state index in [0.29, 0.717) is 6.04 Å². The molecule has 0 aromatic heterocycles. The van der Waals surface area contributed by atoms with Crippen LogP contribution in [0.3, 0.4) is 0 Å². The summed E-state index contributed by atoms with van der Waals surface area (Å²) in [7, 11) is 0. The average molecular weight is 214 g/mol. The van der Waals surface area contributed by atoms with Crippen LogP contribution in [0.15, 0.2) is 30.3 Å². The summed E-state index contributed by atoms with van der Waals surface area (Å²) in [6, 6.07) is 10.7. The molecule has 0 spiro atoms.